The average Bonchev–Trinajstić information content (AvgIpc) is 3.83. The number of hydrogen-bond donors (Lipinski definition) is 2. The zero-order chi connectivity index (χ0) is 53.9. The first-order valence-electron chi connectivity index (χ1n) is 25.4. The minimum absolute atomic E-state index is 0.0141. The van der Waals surface area contributed by atoms with Gasteiger partial charge >= 0.3 is 11.9 Å². The number of aldehydes is 1. The number of alkyl halides is 5. The highest BCUT2D eigenvalue weighted by Gasteiger charge is 2.81. The smallest absolute Gasteiger partial charge is 0.306 e. The van der Waals surface area contributed by atoms with E-state index in [1.165, 1.54) is 26.0 Å². The fraction of sp³-hybridized carbons (Fsp3) is 0.741. The lowest BCUT2D eigenvalue weighted by Gasteiger charge is -2.63. The van der Waals surface area contributed by atoms with Gasteiger partial charge in [0, 0.05) is 59.2 Å². The lowest BCUT2D eigenvalue weighted by Crippen LogP contribution is -2.70. The minimum Gasteiger partial charge on any atom is -0.497 e. The van der Waals surface area contributed by atoms with Crippen molar-refractivity contribution in [2.75, 3.05) is 25.1 Å². The quantitative estimate of drug-likeness (QED) is 0.0869. The molecule has 73 heavy (non-hydrogen) atoms. The molecule has 5 saturated carbocycles. The summed E-state index contributed by atoms with van der Waals surface area (Å²) in [5.74, 6) is -5.73. The van der Waals surface area contributed by atoms with Crippen LogP contribution in [0.1, 0.15) is 120 Å². The van der Waals surface area contributed by atoms with Crippen LogP contribution in [0.4, 0.5) is 17.6 Å². The van der Waals surface area contributed by atoms with Crippen molar-refractivity contribution in [2.45, 2.75) is 173 Å². The second-order valence-corrected chi connectivity index (χ2v) is 24.5. The Hall–Kier alpha value is -3.42. The molecule has 404 valence electrons. The molecular weight excluding hydrogens is 1000 g/mol. The van der Waals surface area contributed by atoms with Gasteiger partial charge in [-0.05, 0) is 124 Å². The van der Waals surface area contributed by atoms with Gasteiger partial charge in [0.1, 0.15) is 30.7 Å². The number of esters is 2. The third-order valence-electron chi connectivity index (χ3n) is 19.5. The first-order chi connectivity index (χ1) is 34.0. The Morgan fingerprint density at radius 1 is 0.945 bits per heavy atom. The second kappa shape index (κ2) is 18.9. The molecule has 1 heterocycles. The van der Waals surface area contributed by atoms with Crippen molar-refractivity contribution in [3.63, 3.8) is 0 Å². The van der Waals surface area contributed by atoms with Crippen LogP contribution in [0.2, 0.25) is 0 Å². The summed E-state index contributed by atoms with van der Waals surface area (Å²) < 4.78 is 93.1. The normalized spacial score (nSPS) is 45.5. The molecule has 1 unspecified atom stereocenters. The maximum Gasteiger partial charge on any atom is 0.306 e. The zero-order valence-electron chi connectivity index (χ0n) is 43.0. The predicted octanol–water partition coefficient (Wildman–Crippen LogP) is 8.39. The van der Waals surface area contributed by atoms with Gasteiger partial charge in [0.25, 0.3) is 0 Å². The summed E-state index contributed by atoms with van der Waals surface area (Å²) in [6.45, 7) is 14.5. The predicted molar refractivity (Wildman–Crippen MR) is 259 cm³/mol. The first kappa shape index (κ1) is 55.8. The van der Waals surface area contributed by atoms with Crippen LogP contribution in [0.3, 0.4) is 0 Å². The van der Waals surface area contributed by atoms with Gasteiger partial charge in [-0.3, -0.25) is 28.8 Å². The fourth-order valence-corrected chi connectivity index (χ4v) is 17.2. The van der Waals surface area contributed by atoms with Crippen LogP contribution in [-0.4, -0.2) is 123 Å². The van der Waals surface area contributed by atoms with Gasteiger partial charge in [-0.15, -0.1) is 11.6 Å². The number of allylic oxidation sites excluding steroid dienone is 8. The third kappa shape index (κ3) is 7.71. The molecule has 13 nitrogen and oxygen atoms in total. The zero-order valence-corrected chi connectivity index (χ0v) is 44.5. The van der Waals surface area contributed by atoms with Gasteiger partial charge in [0.2, 0.25) is 10.9 Å². The first-order valence-corrected chi connectivity index (χ1v) is 27.0. The molecule has 2 N–H and O–H groups in total. The van der Waals surface area contributed by atoms with Crippen molar-refractivity contribution in [1.82, 2.24) is 0 Å². The Kier molecular flexibility index (Phi) is 14.5. The van der Waals surface area contributed by atoms with Crippen molar-refractivity contribution in [1.29, 1.82) is 0 Å². The lowest BCUT2D eigenvalue weighted by atomic mass is 9.44. The van der Waals surface area contributed by atoms with E-state index in [1.54, 1.807) is 47.6 Å². The number of aliphatic hydroxyl groups is 2. The molecule has 9 rings (SSSR count). The van der Waals surface area contributed by atoms with Gasteiger partial charge in [-0.2, -0.15) is 0 Å². The second-order valence-electron chi connectivity index (χ2n) is 23.2. The van der Waals surface area contributed by atoms with Gasteiger partial charge in [-0.1, -0.05) is 40.7 Å². The van der Waals surface area contributed by atoms with E-state index in [0.717, 1.165) is 12.4 Å². The Morgan fingerprint density at radius 3 is 2.23 bits per heavy atom. The number of thioether (sulfide) groups is 1. The van der Waals surface area contributed by atoms with Crippen LogP contribution in [0, 0.1) is 51.2 Å². The molecule has 0 bridgehead atoms. The molecule has 8 aliphatic carbocycles. The van der Waals surface area contributed by atoms with E-state index in [0.29, 0.717) is 60.4 Å². The van der Waals surface area contributed by atoms with Crippen molar-refractivity contribution < 1.29 is 80.2 Å². The molecule has 0 amide bonds. The number of halogens is 5. The number of fused-ring (bicyclic) bond motifs is 12. The van der Waals surface area contributed by atoms with Crippen LogP contribution < -0.4 is 0 Å². The van der Waals surface area contributed by atoms with Crippen molar-refractivity contribution >= 4 is 58.3 Å². The number of Topliss-reactive ketones (excluding diaryl/α,β-unsaturated/α-hetero) is 1. The van der Waals surface area contributed by atoms with Gasteiger partial charge < -0.3 is 33.9 Å². The monoisotopic (exact) mass is 1070 g/mol. The number of ether oxygens (including phenoxy) is 5. The number of hydrogen-bond acceptors (Lipinski definition) is 14. The minimum atomic E-state index is -2.30. The maximum absolute atomic E-state index is 17.8. The number of carbonyl (C=O) groups excluding carboxylic acids is 6. The molecule has 0 radical (unpaired) electrons. The highest BCUT2D eigenvalue weighted by atomic mass is 35.5. The Balaban J connectivity index is 0.000000197. The van der Waals surface area contributed by atoms with Crippen LogP contribution >= 0.6 is 23.4 Å². The molecule has 0 aromatic heterocycles. The number of ketones is 2. The van der Waals surface area contributed by atoms with E-state index in [4.69, 9.17) is 35.3 Å². The Morgan fingerprint density at radius 2 is 1.60 bits per heavy atom. The van der Waals surface area contributed by atoms with E-state index >= 15 is 13.2 Å². The molecule has 6 fully saturated rings. The van der Waals surface area contributed by atoms with E-state index in [2.05, 4.69) is 0 Å². The number of aliphatic hydroxyl groups excluding tert-OH is 2. The van der Waals surface area contributed by atoms with Crippen molar-refractivity contribution in [3.8, 4) is 0 Å². The lowest BCUT2D eigenvalue weighted by molar-refractivity contribution is -0.248. The molecule has 0 aromatic carbocycles. The van der Waals surface area contributed by atoms with Crippen LogP contribution in [0.25, 0.3) is 0 Å². The summed E-state index contributed by atoms with van der Waals surface area (Å²) in [7, 11) is 0. The molecule has 17 atom stereocenters. The maximum atomic E-state index is 17.8. The molecule has 9 aliphatic rings. The average molecular weight is 1070 g/mol. The molecular formula is C54H69ClF4O13S. The summed E-state index contributed by atoms with van der Waals surface area (Å²) in [4.78, 5) is 75.6. The molecule has 0 spiro atoms. The SMILES string of the molecule is CC(=O)OCC(=O)[C@@]12OC(C)(C)O[C@@H]1C[C@H]1[C@@H]3CC(C=O)=C4C=C(OCCCl)CC[C@]4(C)[C@@]3(F)[C@@H](O)C[C@@]12C.CCC(=O)O[C@]1(C(=O)SCF)[C@H](C)C[C@H]2C3C[C@H](F)C4=CC(=O)C=C[C@]4(C)[C@@]3(F)[C@@H](O)C[C@@]21C. The number of carbonyl (C=O) groups is 6. The highest BCUT2D eigenvalue weighted by molar-refractivity contribution is 8.13. The van der Waals surface area contributed by atoms with Crippen molar-refractivity contribution in [3.05, 3.63) is 46.8 Å². The largest absolute Gasteiger partial charge is 0.497 e. The van der Waals surface area contributed by atoms with E-state index in [-0.39, 0.29) is 44.1 Å². The third-order valence-corrected chi connectivity index (χ3v) is 20.3. The Bertz CT molecular complexity index is 2470. The summed E-state index contributed by atoms with van der Waals surface area (Å²) >= 11 is 6.18. The van der Waals surface area contributed by atoms with Gasteiger partial charge in [-0.25, -0.2) is 17.6 Å². The summed E-state index contributed by atoms with van der Waals surface area (Å²) in [5.41, 5.74) is -11.6. The van der Waals surface area contributed by atoms with Gasteiger partial charge in [0.15, 0.2) is 35.0 Å². The molecule has 1 aliphatic heterocycles. The standard InChI is InChI=1S/C29H38ClFO8.C25H31F3O5S/c1-16(33)37-15-23(35)29-24(38-25(2,3)39-29)12-20-21-10-17(14-32)19-11-18(36-9-8-30)6-7-26(19,4)28(21,31)22(34)13-27(20,29)5;1-5-20(31)33-25(21(32)34-12-26)13(2)8-15-16-10-18(27)17-9-14(29)6-7-22(17,3)24(16,28)19(30)11-23(15,25)4/h11,14,20-22,24,34H,6-10,12-13,15H2,1-5H3;6-7,9,13,15-16,18-19,30H,5,8,10-12H2,1-4H3/t20-,21-,22-,24+,26-,27-,28-,29+;13-,15+,16?,18+,19+,22+,23+,24+,25+/m01/s1. The van der Waals surface area contributed by atoms with Crippen LogP contribution in [0.5, 0.6) is 0 Å². The van der Waals surface area contributed by atoms with E-state index in [1.807, 2.05) is 6.92 Å². The van der Waals surface area contributed by atoms with E-state index < -0.39 is 145 Å². The van der Waals surface area contributed by atoms with Crippen LogP contribution in [0.15, 0.2) is 46.8 Å². The fourth-order valence-electron chi connectivity index (χ4n) is 16.4. The summed E-state index contributed by atoms with van der Waals surface area (Å²) in [6, 6.07) is -1.02. The van der Waals surface area contributed by atoms with Gasteiger partial charge in [0.05, 0.1) is 30.0 Å². The van der Waals surface area contributed by atoms with Crippen LogP contribution in [-0.2, 0) is 52.5 Å². The topological polar surface area (TPSA) is 189 Å². The molecule has 19 heteroatoms. The Labute approximate surface area is 432 Å². The number of rotatable bonds is 11. The van der Waals surface area contributed by atoms with E-state index in [9.17, 15) is 43.4 Å². The van der Waals surface area contributed by atoms with Crippen molar-refractivity contribution in [2.24, 2.45) is 51.2 Å². The summed E-state index contributed by atoms with van der Waals surface area (Å²) in [6.07, 6.45) is 1.68. The summed E-state index contributed by atoms with van der Waals surface area (Å²) in [5, 5.41) is 22.5. The highest BCUT2D eigenvalue weighted by Crippen LogP contribution is 2.74. The molecule has 0 aromatic rings. The molecule has 1 saturated heterocycles.